The Hall–Kier alpha value is -1.49. The van der Waals surface area contributed by atoms with Crippen LogP contribution in [0.3, 0.4) is 0 Å². The number of hydrogen-bond acceptors (Lipinski definition) is 2. The molecule has 0 fully saturated rings. The van der Waals surface area contributed by atoms with Crippen molar-refractivity contribution in [2.45, 2.75) is 19.2 Å². The van der Waals surface area contributed by atoms with E-state index >= 15 is 0 Å². The Kier molecular flexibility index (Phi) is 3.91. The molecule has 0 bridgehead atoms. The molecule has 0 saturated carbocycles. The zero-order valence-corrected chi connectivity index (χ0v) is 9.76. The van der Waals surface area contributed by atoms with Crippen LogP contribution in [-0.2, 0) is 0 Å². The lowest BCUT2D eigenvalue weighted by Crippen LogP contribution is -2.17. The topological polar surface area (TPSA) is 21.3 Å². The lowest BCUT2D eigenvalue weighted by molar-refractivity contribution is -0.274. The molecular weight excluding hydrogens is 243 g/mol. The fourth-order valence-electron chi connectivity index (χ4n) is 1.95. The normalized spacial score (nSPS) is 16.9. The molecule has 0 amide bonds. The van der Waals surface area contributed by atoms with Gasteiger partial charge in [0.25, 0.3) is 0 Å². The number of benzene rings is 1. The Labute approximate surface area is 103 Å². The van der Waals surface area contributed by atoms with Crippen molar-refractivity contribution >= 4 is 5.57 Å². The van der Waals surface area contributed by atoms with Crippen molar-refractivity contribution in [2.75, 3.05) is 13.1 Å². The second-order valence-electron chi connectivity index (χ2n) is 4.09. The van der Waals surface area contributed by atoms with Gasteiger partial charge in [0.1, 0.15) is 5.75 Å². The second-order valence-corrected chi connectivity index (χ2v) is 4.09. The molecule has 0 unspecified atom stereocenters. The molecule has 0 aliphatic carbocycles. The van der Waals surface area contributed by atoms with E-state index in [2.05, 4.69) is 16.1 Å². The summed E-state index contributed by atoms with van der Waals surface area (Å²) in [6.45, 7) is 1.75. The van der Waals surface area contributed by atoms with Gasteiger partial charge >= 0.3 is 6.36 Å². The first-order valence-corrected chi connectivity index (χ1v) is 5.80. The molecule has 5 heteroatoms. The van der Waals surface area contributed by atoms with Crippen molar-refractivity contribution < 1.29 is 17.9 Å². The Bertz CT molecular complexity index is 440. The third kappa shape index (κ3) is 3.77. The van der Waals surface area contributed by atoms with Crippen LogP contribution in [0.5, 0.6) is 5.75 Å². The maximum Gasteiger partial charge on any atom is 0.573 e. The van der Waals surface area contributed by atoms with Crippen molar-refractivity contribution in [1.29, 1.82) is 0 Å². The molecule has 2 nitrogen and oxygen atoms in total. The molecule has 1 aromatic carbocycles. The smallest absolute Gasteiger partial charge is 0.406 e. The van der Waals surface area contributed by atoms with Gasteiger partial charge in [-0.15, -0.1) is 13.2 Å². The van der Waals surface area contributed by atoms with Crippen molar-refractivity contribution in [3.8, 4) is 5.75 Å². The van der Waals surface area contributed by atoms with Crippen LogP contribution in [0.15, 0.2) is 30.3 Å². The van der Waals surface area contributed by atoms with Crippen LogP contribution in [0, 0.1) is 0 Å². The molecule has 0 atom stereocenters. The van der Waals surface area contributed by atoms with Gasteiger partial charge in [0, 0.05) is 0 Å². The number of ether oxygens (including phenoxy) is 1. The van der Waals surface area contributed by atoms with E-state index in [1.165, 1.54) is 12.1 Å². The fourth-order valence-corrected chi connectivity index (χ4v) is 1.95. The van der Waals surface area contributed by atoms with Crippen LogP contribution in [0.2, 0.25) is 0 Å². The summed E-state index contributed by atoms with van der Waals surface area (Å²) < 4.78 is 40.3. The SMILES string of the molecule is FC(F)(F)Oc1cccc(C2=CCCNCC2)c1. The summed E-state index contributed by atoms with van der Waals surface area (Å²) in [5.74, 6) is -0.168. The Morgan fingerprint density at radius 2 is 2.00 bits per heavy atom. The van der Waals surface area contributed by atoms with Gasteiger partial charge in [-0.05, 0) is 49.2 Å². The molecule has 0 spiro atoms. The maximum absolute atomic E-state index is 12.1. The molecule has 0 aromatic heterocycles. The van der Waals surface area contributed by atoms with E-state index < -0.39 is 6.36 Å². The fraction of sp³-hybridized carbons (Fsp3) is 0.385. The zero-order valence-electron chi connectivity index (χ0n) is 9.76. The van der Waals surface area contributed by atoms with Gasteiger partial charge in [0.05, 0.1) is 0 Å². The third-order valence-corrected chi connectivity index (χ3v) is 2.72. The summed E-state index contributed by atoms with van der Waals surface area (Å²) in [7, 11) is 0. The summed E-state index contributed by atoms with van der Waals surface area (Å²) in [4.78, 5) is 0. The quantitative estimate of drug-likeness (QED) is 0.877. The van der Waals surface area contributed by atoms with Gasteiger partial charge in [0.15, 0.2) is 0 Å². The molecule has 1 aromatic rings. The molecule has 0 saturated heterocycles. The molecule has 0 radical (unpaired) electrons. The van der Waals surface area contributed by atoms with Gasteiger partial charge in [-0.3, -0.25) is 0 Å². The van der Waals surface area contributed by atoms with E-state index in [9.17, 15) is 13.2 Å². The van der Waals surface area contributed by atoms with Crippen molar-refractivity contribution in [3.05, 3.63) is 35.9 Å². The minimum absolute atomic E-state index is 0.168. The van der Waals surface area contributed by atoms with Gasteiger partial charge in [-0.25, -0.2) is 0 Å². The van der Waals surface area contributed by atoms with Gasteiger partial charge < -0.3 is 10.1 Å². The lowest BCUT2D eigenvalue weighted by atomic mass is 10.0. The molecule has 18 heavy (non-hydrogen) atoms. The van der Waals surface area contributed by atoms with Gasteiger partial charge in [-0.1, -0.05) is 18.2 Å². The minimum Gasteiger partial charge on any atom is -0.406 e. The monoisotopic (exact) mass is 257 g/mol. The van der Waals surface area contributed by atoms with E-state index in [0.29, 0.717) is 0 Å². The van der Waals surface area contributed by atoms with E-state index in [1.54, 1.807) is 12.1 Å². The van der Waals surface area contributed by atoms with Crippen molar-refractivity contribution in [1.82, 2.24) is 5.32 Å². The van der Waals surface area contributed by atoms with E-state index in [-0.39, 0.29) is 5.75 Å². The highest BCUT2D eigenvalue weighted by atomic mass is 19.4. The highest BCUT2D eigenvalue weighted by Crippen LogP contribution is 2.27. The summed E-state index contributed by atoms with van der Waals surface area (Å²) in [5.41, 5.74) is 1.85. The van der Waals surface area contributed by atoms with E-state index in [4.69, 9.17) is 0 Å². The first-order valence-electron chi connectivity index (χ1n) is 5.80. The highest BCUT2D eigenvalue weighted by molar-refractivity contribution is 5.67. The molecule has 1 N–H and O–H groups in total. The molecule has 1 heterocycles. The first kappa shape index (κ1) is 13.0. The molecule has 98 valence electrons. The van der Waals surface area contributed by atoms with Gasteiger partial charge in [-0.2, -0.15) is 0 Å². The Morgan fingerprint density at radius 3 is 2.78 bits per heavy atom. The van der Waals surface area contributed by atoms with Crippen LogP contribution in [0.1, 0.15) is 18.4 Å². The number of rotatable bonds is 2. The van der Waals surface area contributed by atoms with Crippen molar-refractivity contribution in [3.63, 3.8) is 0 Å². The van der Waals surface area contributed by atoms with Crippen LogP contribution >= 0.6 is 0 Å². The summed E-state index contributed by atoms with van der Waals surface area (Å²) in [6.07, 6.45) is -0.875. The molecular formula is C13H14F3NO. The maximum atomic E-state index is 12.1. The third-order valence-electron chi connectivity index (χ3n) is 2.72. The molecule has 1 aliphatic heterocycles. The Balaban J connectivity index is 2.18. The summed E-state index contributed by atoms with van der Waals surface area (Å²) in [5, 5.41) is 3.24. The summed E-state index contributed by atoms with van der Waals surface area (Å²) in [6, 6.07) is 6.13. The Morgan fingerprint density at radius 1 is 1.17 bits per heavy atom. The predicted octanol–water partition coefficient (Wildman–Crippen LogP) is 3.35. The number of hydrogen-bond donors (Lipinski definition) is 1. The van der Waals surface area contributed by atoms with E-state index in [0.717, 1.165) is 37.1 Å². The number of nitrogens with one attached hydrogen (secondary N) is 1. The highest BCUT2D eigenvalue weighted by Gasteiger charge is 2.31. The second kappa shape index (κ2) is 5.44. The zero-order chi connectivity index (χ0) is 13.0. The minimum atomic E-state index is -4.64. The average molecular weight is 257 g/mol. The molecule has 2 rings (SSSR count). The average Bonchev–Trinajstić information content (AvgIpc) is 2.55. The summed E-state index contributed by atoms with van der Waals surface area (Å²) >= 11 is 0. The number of alkyl halides is 3. The standard InChI is InChI=1S/C13H14F3NO/c14-13(15,16)18-12-5-1-3-11(9-12)10-4-2-7-17-8-6-10/h1,3-5,9,17H,2,6-8H2. The largest absolute Gasteiger partial charge is 0.573 e. The predicted molar refractivity (Wildman–Crippen MR) is 63.2 cm³/mol. The number of halogens is 3. The van der Waals surface area contributed by atoms with Crippen LogP contribution in [0.4, 0.5) is 13.2 Å². The van der Waals surface area contributed by atoms with E-state index in [1.807, 2.05) is 0 Å². The van der Waals surface area contributed by atoms with Crippen LogP contribution in [-0.4, -0.2) is 19.5 Å². The first-order chi connectivity index (χ1) is 8.54. The van der Waals surface area contributed by atoms with Crippen LogP contribution in [0.25, 0.3) is 5.57 Å². The van der Waals surface area contributed by atoms with Gasteiger partial charge in [0.2, 0.25) is 0 Å². The van der Waals surface area contributed by atoms with Crippen LogP contribution < -0.4 is 10.1 Å². The lowest BCUT2D eigenvalue weighted by Gasteiger charge is -2.11. The van der Waals surface area contributed by atoms with Crippen molar-refractivity contribution in [2.24, 2.45) is 0 Å². The molecule has 1 aliphatic rings.